The molecule has 0 aliphatic heterocycles. The molecule has 191 valence electrons. The van der Waals surface area contributed by atoms with Crippen molar-refractivity contribution in [3.05, 3.63) is 30.1 Å². The third-order valence-electron chi connectivity index (χ3n) is 3.94. The standard InChI is InChI=1S/C16H24N2.2C2HF3O2.Cu/c1-3-5-7-12-16-17-14-10-8-9-11-15(14)18(16)13-6-4-2;2*3-2(4,5)1(6)7;/h8-11H,3-7,12-13H2,1-2H3;2*(H,6,7);/q;;;+2/p-2. The molecule has 6 nitrogen and oxygen atoms in total. The number of nitrogens with zero attached hydrogens (tertiary/aromatic N) is 2. The van der Waals surface area contributed by atoms with Crippen molar-refractivity contribution in [1.29, 1.82) is 0 Å². The monoisotopic (exact) mass is 533 g/mol. The number of unbranched alkanes of at least 4 members (excludes halogenated alkanes) is 3. The second-order valence-electron chi connectivity index (χ2n) is 6.55. The van der Waals surface area contributed by atoms with E-state index in [1.54, 1.807) is 0 Å². The number of halogens is 6. The molecule has 13 heteroatoms. The Morgan fingerprint density at radius 3 is 1.76 bits per heavy atom. The van der Waals surface area contributed by atoms with E-state index in [2.05, 4.69) is 42.7 Å². The van der Waals surface area contributed by atoms with Crippen molar-refractivity contribution >= 4 is 23.0 Å². The van der Waals surface area contributed by atoms with Crippen molar-refractivity contribution < 1.29 is 63.2 Å². The summed E-state index contributed by atoms with van der Waals surface area (Å²) in [7, 11) is 0. The van der Waals surface area contributed by atoms with Gasteiger partial charge in [0.15, 0.2) is 0 Å². The summed E-state index contributed by atoms with van der Waals surface area (Å²) in [6.07, 6.45) is -2.97. The van der Waals surface area contributed by atoms with Gasteiger partial charge in [0.2, 0.25) is 0 Å². The fraction of sp³-hybridized carbons (Fsp3) is 0.550. The zero-order chi connectivity index (χ0) is 24.9. The molecular formula is C20H24CuF6N2O4. The fourth-order valence-corrected chi connectivity index (χ4v) is 2.42. The third-order valence-corrected chi connectivity index (χ3v) is 3.94. The van der Waals surface area contributed by atoms with E-state index in [1.807, 2.05) is 0 Å². The minimum absolute atomic E-state index is 0. The number of carbonyl (C=O) groups is 2. The van der Waals surface area contributed by atoms with Crippen LogP contribution in [0.15, 0.2) is 24.3 Å². The van der Waals surface area contributed by atoms with Gasteiger partial charge >= 0.3 is 29.4 Å². The number of rotatable bonds is 7. The second kappa shape index (κ2) is 15.5. The molecule has 1 radical (unpaired) electrons. The molecule has 0 saturated heterocycles. The van der Waals surface area contributed by atoms with E-state index in [9.17, 15) is 26.3 Å². The summed E-state index contributed by atoms with van der Waals surface area (Å²) in [5.41, 5.74) is 2.46. The SMILES string of the molecule is CCCCCc1nc2ccccc2n1CCCC.O=C([O-])C(F)(F)F.O=C([O-])C(F)(F)F.[Cu+2]. The van der Waals surface area contributed by atoms with Crippen molar-refractivity contribution in [3.63, 3.8) is 0 Å². The molecule has 1 aromatic carbocycles. The Bertz CT molecular complexity index is 829. The second-order valence-corrected chi connectivity index (χ2v) is 6.55. The summed E-state index contributed by atoms with van der Waals surface area (Å²) in [6.45, 7) is 5.61. The maximum atomic E-state index is 10.5. The third kappa shape index (κ3) is 13.1. The van der Waals surface area contributed by atoms with Crippen LogP contribution in [0.3, 0.4) is 0 Å². The Kier molecular flexibility index (Phi) is 15.5. The average molecular weight is 534 g/mol. The van der Waals surface area contributed by atoms with Crippen LogP contribution in [0.1, 0.15) is 51.8 Å². The number of hydrogen-bond acceptors (Lipinski definition) is 5. The summed E-state index contributed by atoms with van der Waals surface area (Å²) >= 11 is 0. The van der Waals surface area contributed by atoms with Crippen LogP contribution >= 0.6 is 0 Å². The van der Waals surface area contributed by atoms with Crippen molar-refractivity contribution in [2.45, 2.75) is 71.3 Å². The van der Waals surface area contributed by atoms with Gasteiger partial charge in [0.05, 0.1) is 11.0 Å². The van der Waals surface area contributed by atoms with Gasteiger partial charge in [-0.15, -0.1) is 0 Å². The molecule has 0 bridgehead atoms. The number of carbonyl (C=O) groups excluding carboxylic acids is 2. The van der Waals surface area contributed by atoms with Gasteiger partial charge in [-0.05, 0) is 25.0 Å². The molecule has 0 saturated carbocycles. The van der Waals surface area contributed by atoms with Crippen LogP contribution in [0.2, 0.25) is 0 Å². The molecule has 0 spiro atoms. The van der Waals surface area contributed by atoms with Gasteiger partial charge in [0, 0.05) is 13.0 Å². The van der Waals surface area contributed by atoms with E-state index in [-0.39, 0.29) is 17.1 Å². The molecule has 0 N–H and O–H groups in total. The smallest absolute Gasteiger partial charge is 0.542 e. The van der Waals surface area contributed by atoms with Crippen molar-refractivity contribution in [3.8, 4) is 0 Å². The summed E-state index contributed by atoms with van der Waals surface area (Å²) in [6, 6.07) is 8.51. The normalized spacial score (nSPS) is 10.9. The number of imidazole rings is 1. The van der Waals surface area contributed by atoms with E-state index < -0.39 is 24.3 Å². The van der Waals surface area contributed by atoms with E-state index >= 15 is 0 Å². The van der Waals surface area contributed by atoms with E-state index in [4.69, 9.17) is 24.8 Å². The van der Waals surface area contributed by atoms with Crippen molar-refractivity contribution in [2.75, 3.05) is 0 Å². The maximum Gasteiger partial charge on any atom is 2.00 e. The van der Waals surface area contributed by atoms with Crippen molar-refractivity contribution in [1.82, 2.24) is 9.55 Å². The van der Waals surface area contributed by atoms with Crippen molar-refractivity contribution in [2.24, 2.45) is 0 Å². The van der Waals surface area contributed by atoms with Crippen LogP contribution < -0.4 is 10.2 Å². The number of fused-ring (bicyclic) bond motifs is 1. The minimum atomic E-state index is -5.19. The zero-order valence-electron chi connectivity index (χ0n) is 17.9. The number of aliphatic carboxylic acids is 2. The molecule has 1 aromatic heterocycles. The van der Waals surface area contributed by atoms with Gasteiger partial charge in [-0.1, -0.05) is 45.2 Å². The van der Waals surface area contributed by atoms with Crippen LogP contribution in [0.25, 0.3) is 11.0 Å². The van der Waals surface area contributed by atoms with Crippen LogP contribution in [0.4, 0.5) is 26.3 Å². The number of carboxylic acid groups (broad SMARTS) is 2. The first-order chi connectivity index (χ1) is 14.8. The average Bonchev–Trinajstić information content (AvgIpc) is 3.03. The first kappa shape index (κ1) is 32.9. The number of aryl methyl sites for hydroxylation is 2. The van der Waals surface area contributed by atoms with Gasteiger partial charge in [0.25, 0.3) is 0 Å². The number of alkyl halides is 6. The molecule has 1 heterocycles. The van der Waals surface area contributed by atoms with Crippen LogP contribution in [-0.4, -0.2) is 33.8 Å². The topological polar surface area (TPSA) is 98.1 Å². The number of carboxylic acids is 2. The molecule has 2 aromatic rings. The predicted molar refractivity (Wildman–Crippen MR) is 100.0 cm³/mol. The van der Waals surface area contributed by atoms with Crippen LogP contribution in [0, 0.1) is 0 Å². The van der Waals surface area contributed by atoms with Crippen LogP contribution in [-0.2, 0) is 39.6 Å². The maximum absolute atomic E-state index is 10.5. The van der Waals surface area contributed by atoms with E-state index in [0.717, 1.165) is 18.5 Å². The predicted octanol–water partition coefficient (Wildman–Crippen LogP) is 3.16. The van der Waals surface area contributed by atoms with E-state index in [1.165, 1.54) is 43.4 Å². The molecule has 33 heavy (non-hydrogen) atoms. The number of aromatic nitrogens is 2. The zero-order valence-corrected chi connectivity index (χ0v) is 18.8. The molecule has 0 unspecified atom stereocenters. The summed E-state index contributed by atoms with van der Waals surface area (Å²) in [5.74, 6) is -4.74. The molecule has 0 fully saturated rings. The number of hydrogen-bond donors (Lipinski definition) is 0. The largest absolute Gasteiger partial charge is 2.00 e. The molecule has 0 aliphatic rings. The summed E-state index contributed by atoms with van der Waals surface area (Å²) in [5, 5.41) is 17.6. The summed E-state index contributed by atoms with van der Waals surface area (Å²) < 4.78 is 65.5. The minimum Gasteiger partial charge on any atom is -0.542 e. The molecular weight excluding hydrogens is 510 g/mol. The first-order valence-corrected chi connectivity index (χ1v) is 9.76. The Balaban J connectivity index is 0. The molecule has 0 amide bonds. The Hall–Kier alpha value is -2.27. The van der Waals surface area contributed by atoms with Gasteiger partial charge in [-0.2, -0.15) is 26.3 Å². The first-order valence-electron chi connectivity index (χ1n) is 9.76. The van der Waals surface area contributed by atoms with Gasteiger partial charge < -0.3 is 24.4 Å². The van der Waals surface area contributed by atoms with Crippen LogP contribution in [0.5, 0.6) is 0 Å². The Morgan fingerprint density at radius 1 is 0.879 bits per heavy atom. The van der Waals surface area contributed by atoms with Gasteiger partial charge in [-0.25, -0.2) is 4.98 Å². The molecule has 2 rings (SSSR count). The van der Waals surface area contributed by atoms with Gasteiger partial charge in [0.1, 0.15) is 17.8 Å². The molecule has 0 atom stereocenters. The number of benzene rings is 1. The molecule has 0 aliphatic carbocycles. The Morgan fingerprint density at radius 2 is 1.33 bits per heavy atom. The number of para-hydroxylation sites is 2. The van der Waals surface area contributed by atoms with Gasteiger partial charge in [-0.3, -0.25) is 0 Å². The summed E-state index contributed by atoms with van der Waals surface area (Å²) in [4.78, 5) is 22.4. The van der Waals surface area contributed by atoms with E-state index in [0.29, 0.717) is 0 Å². The fourth-order valence-electron chi connectivity index (χ4n) is 2.42. The quantitative estimate of drug-likeness (QED) is 0.309. The Labute approximate surface area is 197 Å².